The van der Waals surface area contributed by atoms with Crippen LogP contribution in [0.2, 0.25) is 0 Å². The molecule has 1 aliphatic rings. The Kier molecular flexibility index (Phi) is 5.05. The number of nitrogens with one attached hydrogen (secondary N) is 2. The van der Waals surface area contributed by atoms with E-state index in [9.17, 15) is 14.7 Å². The number of carboxylic acids is 1. The van der Waals surface area contributed by atoms with Gasteiger partial charge in [-0.2, -0.15) is 0 Å². The molecule has 0 aromatic carbocycles. The van der Waals surface area contributed by atoms with Crippen LogP contribution in [0.25, 0.3) is 0 Å². The molecule has 0 radical (unpaired) electrons. The number of aliphatic carboxylic acids is 1. The Balaban J connectivity index is 2.13. The zero-order valence-electron chi connectivity index (χ0n) is 12.3. The molecule has 1 heterocycles. The van der Waals surface area contributed by atoms with Gasteiger partial charge in [0.2, 0.25) is 0 Å². The van der Waals surface area contributed by atoms with Crippen LogP contribution in [0.3, 0.4) is 0 Å². The largest absolute Gasteiger partial charge is 0.480 e. The predicted octanol–water partition coefficient (Wildman–Crippen LogP) is 1.55. The molecule has 1 aromatic heterocycles. The number of carbonyl (C=O) groups is 1. The van der Waals surface area contributed by atoms with E-state index in [0.717, 1.165) is 12.8 Å². The van der Waals surface area contributed by atoms with Gasteiger partial charge in [-0.05, 0) is 39.2 Å². The molecule has 7 heteroatoms. The normalized spacial score (nSPS) is 25.7. The van der Waals surface area contributed by atoms with E-state index in [1.807, 2.05) is 6.92 Å². The standard InChI is InChI=1S/C14H21N3O3S/c1-3-15-14(12(19)20)6-4-5-10(8-14)21-13-16-9(2)7-11(18)17-13/h7,10,15H,3-6,8H2,1-2H3,(H,19,20)(H,16,17,18). The molecule has 21 heavy (non-hydrogen) atoms. The SMILES string of the molecule is CCNC1(C(=O)O)CCCC(Sc2nc(C)cc(=O)[nH]2)C1. The third-order valence-electron chi connectivity index (χ3n) is 3.76. The number of aryl methyl sites for hydroxylation is 1. The van der Waals surface area contributed by atoms with Crippen LogP contribution >= 0.6 is 11.8 Å². The smallest absolute Gasteiger partial charge is 0.323 e. The van der Waals surface area contributed by atoms with E-state index in [0.29, 0.717) is 30.2 Å². The van der Waals surface area contributed by atoms with Crippen molar-refractivity contribution >= 4 is 17.7 Å². The van der Waals surface area contributed by atoms with Gasteiger partial charge in [0.05, 0.1) is 0 Å². The molecule has 2 atom stereocenters. The highest BCUT2D eigenvalue weighted by molar-refractivity contribution is 7.99. The molecular formula is C14H21N3O3S. The van der Waals surface area contributed by atoms with Gasteiger partial charge in [-0.3, -0.25) is 9.59 Å². The first kappa shape index (κ1) is 16.0. The average Bonchev–Trinajstić information content (AvgIpc) is 2.37. The highest BCUT2D eigenvalue weighted by Crippen LogP contribution is 2.37. The van der Waals surface area contributed by atoms with Gasteiger partial charge in [-0.25, -0.2) is 4.98 Å². The fraction of sp³-hybridized carbons (Fsp3) is 0.643. The predicted molar refractivity (Wildman–Crippen MR) is 81.8 cm³/mol. The number of thioether (sulfide) groups is 1. The van der Waals surface area contributed by atoms with Gasteiger partial charge in [-0.15, -0.1) is 0 Å². The van der Waals surface area contributed by atoms with E-state index < -0.39 is 11.5 Å². The van der Waals surface area contributed by atoms with Crippen molar-refractivity contribution in [3.8, 4) is 0 Å². The Morgan fingerprint density at radius 3 is 3.05 bits per heavy atom. The summed E-state index contributed by atoms with van der Waals surface area (Å²) in [6, 6.07) is 1.45. The minimum Gasteiger partial charge on any atom is -0.480 e. The van der Waals surface area contributed by atoms with E-state index in [4.69, 9.17) is 0 Å². The molecule has 0 aliphatic heterocycles. The van der Waals surface area contributed by atoms with Crippen LogP contribution in [0.1, 0.15) is 38.3 Å². The second kappa shape index (κ2) is 6.62. The number of rotatable bonds is 5. The first-order chi connectivity index (χ1) is 9.95. The summed E-state index contributed by atoms with van der Waals surface area (Å²) in [7, 11) is 0. The molecule has 1 saturated carbocycles. The number of carboxylic acid groups (broad SMARTS) is 1. The monoisotopic (exact) mass is 311 g/mol. The van der Waals surface area contributed by atoms with Crippen molar-refractivity contribution in [2.75, 3.05) is 6.54 Å². The lowest BCUT2D eigenvalue weighted by molar-refractivity contribution is -0.146. The molecule has 1 aromatic rings. The molecule has 116 valence electrons. The number of aromatic amines is 1. The van der Waals surface area contributed by atoms with E-state index in [-0.39, 0.29) is 10.8 Å². The van der Waals surface area contributed by atoms with Crippen molar-refractivity contribution in [2.45, 2.75) is 55.5 Å². The number of hydrogen-bond donors (Lipinski definition) is 3. The number of H-pyrrole nitrogens is 1. The summed E-state index contributed by atoms with van der Waals surface area (Å²) in [6.07, 6.45) is 2.97. The molecule has 0 bridgehead atoms. The Labute approximate surface area is 127 Å². The highest BCUT2D eigenvalue weighted by atomic mass is 32.2. The van der Waals surface area contributed by atoms with Crippen LogP contribution < -0.4 is 10.9 Å². The Bertz CT molecular complexity index is 571. The van der Waals surface area contributed by atoms with Gasteiger partial charge in [0, 0.05) is 17.0 Å². The van der Waals surface area contributed by atoms with Crippen LogP contribution in [-0.4, -0.2) is 38.4 Å². The van der Waals surface area contributed by atoms with Gasteiger partial charge < -0.3 is 15.4 Å². The highest BCUT2D eigenvalue weighted by Gasteiger charge is 2.42. The van der Waals surface area contributed by atoms with Crippen molar-refractivity contribution in [1.82, 2.24) is 15.3 Å². The van der Waals surface area contributed by atoms with Crippen molar-refractivity contribution < 1.29 is 9.90 Å². The summed E-state index contributed by atoms with van der Waals surface area (Å²) < 4.78 is 0. The van der Waals surface area contributed by atoms with E-state index in [2.05, 4.69) is 15.3 Å². The zero-order valence-corrected chi connectivity index (χ0v) is 13.1. The molecule has 6 nitrogen and oxygen atoms in total. The van der Waals surface area contributed by atoms with E-state index in [1.165, 1.54) is 17.8 Å². The van der Waals surface area contributed by atoms with Crippen LogP contribution in [0.4, 0.5) is 0 Å². The van der Waals surface area contributed by atoms with Crippen molar-refractivity contribution in [2.24, 2.45) is 0 Å². The third-order valence-corrected chi connectivity index (χ3v) is 4.91. The summed E-state index contributed by atoms with van der Waals surface area (Å²) >= 11 is 1.47. The lowest BCUT2D eigenvalue weighted by atomic mass is 9.81. The maximum Gasteiger partial charge on any atom is 0.323 e. The third kappa shape index (κ3) is 3.85. The number of hydrogen-bond acceptors (Lipinski definition) is 5. The molecule has 3 N–H and O–H groups in total. The van der Waals surface area contributed by atoms with E-state index >= 15 is 0 Å². The minimum absolute atomic E-state index is 0.138. The lowest BCUT2D eigenvalue weighted by Gasteiger charge is -2.37. The fourth-order valence-corrected chi connectivity index (χ4v) is 4.18. The fourth-order valence-electron chi connectivity index (χ4n) is 2.86. The zero-order chi connectivity index (χ0) is 15.5. The maximum absolute atomic E-state index is 11.6. The summed E-state index contributed by atoms with van der Waals surface area (Å²) in [4.78, 5) is 30.1. The maximum atomic E-state index is 11.6. The van der Waals surface area contributed by atoms with Crippen molar-refractivity contribution in [1.29, 1.82) is 0 Å². The van der Waals surface area contributed by atoms with Crippen LogP contribution in [0.5, 0.6) is 0 Å². The summed E-state index contributed by atoms with van der Waals surface area (Å²) in [6.45, 7) is 4.32. The van der Waals surface area contributed by atoms with Gasteiger partial charge in [0.25, 0.3) is 5.56 Å². The number of nitrogens with zero attached hydrogens (tertiary/aromatic N) is 1. The van der Waals surface area contributed by atoms with Gasteiger partial charge in [0.15, 0.2) is 5.16 Å². The quantitative estimate of drug-likeness (QED) is 0.714. The molecule has 2 unspecified atom stereocenters. The second-order valence-electron chi connectivity index (χ2n) is 5.45. The molecule has 2 rings (SSSR count). The van der Waals surface area contributed by atoms with Gasteiger partial charge in [0.1, 0.15) is 5.54 Å². The average molecular weight is 311 g/mol. The Hall–Kier alpha value is -1.34. The lowest BCUT2D eigenvalue weighted by Crippen LogP contribution is -2.55. The second-order valence-corrected chi connectivity index (χ2v) is 6.73. The van der Waals surface area contributed by atoms with Gasteiger partial charge in [-0.1, -0.05) is 18.7 Å². The number of aromatic nitrogens is 2. The van der Waals surface area contributed by atoms with Crippen LogP contribution in [0.15, 0.2) is 16.0 Å². The Morgan fingerprint density at radius 2 is 2.43 bits per heavy atom. The molecule has 0 saturated heterocycles. The summed E-state index contributed by atoms with van der Waals surface area (Å²) in [5.41, 5.74) is -0.348. The minimum atomic E-state index is -0.852. The topological polar surface area (TPSA) is 95.1 Å². The number of likely N-dealkylation sites (N-methyl/N-ethyl adjacent to an activating group) is 1. The summed E-state index contributed by atoms with van der Waals surface area (Å²) in [5, 5.41) is 13.4. The first-order valence-electron chi connectivity index (χ1n) is 7.18. The van der Waals surface area contributed by atoms with E-state index in [1.54, 1.807) is 6.92 Å². The molecule has 1 fully saturated rings. The van der Waals surface area contributed by atoms with Gasteiger partial charge >= 0.3 is 5.97 Å². The molecule has 1 aliphatic carbocycles. The van der Waals surface area contributed by atoms with Crippen molar-refractivity contribution in [3.63, 3.8) is 0 Å². The van der Waals surface area contributed by atoms with Crippen LogP contribution in [0, 0.1) is 6.92 Å². The van der Waals surface area contributed by atoms with Crippen molar-refractivity contribution in [3.05, 3.63) is 22.1 Å². The van der Waals surface area contributed by atoms with Crippen LogP contribution in [-0.2, 0) is 4.79 Å². The molecule has 0 amide bonds. The first-order valence-corrected chi connectivity index (χ1v) is 8.06. The summed E-state index contributed by atoms with van der Waals surface area (Å²) in [5.74, 6) is -0.791. The molecule has 0 spiro atoms. The molecular weight excluding hydrogens is 290 g/mol. The Morgan fingerprint density at radius 1 is 1.67 bits per heavy atom.